The highest BCUT2D eigenvalue weighted by Gasteiger charge is 2.19. The maximum Gasteiger partial charge on any atom is 0.274 e. The summed E-state index contributed by atoms with van der Waals surface area (Å²) in [5.41, 5.74) is 2.49. The Morgan fingerprint density at radius 1 is 1.06 bits per heavy atom. The van der Waals surface area contributed by atoms with Crippen LogP contribution in [0.3, 0.4) is 0 Å². The number of benzene rings is 2. The summed E-state index contributed by atoms with van der Waals surface area (Å²) in [6.07, 6.45) is 3.00. The average molecular weight is 465 g/mol. The van der Waals surface area contributed by atoms with Gasteiger partial charge in [0.2, 0.25) is 0 Å². The molecule has 0 amide bonds. The molecule has 0 aliphatic carbocycles. The lowest BCUT2D eigenvalue weighted by molar-refractivity contribution is 0.417. The van der Waals surface area contributed by atoms with E-state index in [-0.39, 0.29) is 11.4 Å². The highest BCUT2D eigenvalue weighted by atomic mass is 16.5. The van der Waals surface area contributed by atoms with E-state index in [2.05, 4.69) is 30.2 Å². The molecule has 2 N–H and O–H groups in total. The van der Waals surface area contributed by atoms with Gasteiger partial charge in [0, 0.05) is 16.6 Å². The van der Waals surface area contributed by atoms with Crippen molar-refractivity contribution in [3.05, 3.63) is 95.2 Å². The molecule has 0 radical (unpaired) electrons. The van der Waals surface area contributed by atoms with E-state index < -0.39 is 0 Å². The Morgan fingerprint density at radius 3 is 2.71 bits per heavy atom. The smallest absolute Gasteiger partial charge is 0.274 e. The normalized spacial score (nSPS) is 11.2. The zero-order valence-corrected chi connectivity index (χ0v) is 18.6. The summed E-state index contributed by atoms with van der Waals surface area (Å²) in [7, 11) is 0. The lowest BCUT2D eigenvalue weighted by Crippen LogP contribution is -2.07. The number of aromatic nitrogens is 7. The fourth-order valence-electron chi connectivity index (χ4n) is 4.04. The zero-order valence-electron chi connectivity index (χ0n) is 18.6. The Bertz CT molecular complexity index is 1680. The van der Waals surface area contributed by atoms with Gasteiger partial charge in [-0.15, -0.1) is 0 Å². The van der Waals surface area contributed by atoms with Crippen molar-refractivity contribution in [1.29, 1.82) is 0 Å². The molecule has 0 spiro atoms. The van der Waals surface area contributed by atoms with E-state index in [0.717, 1.165) is 28.1 Å². The predicted molar refractivity (Wildman–Crippen MR) is 128 cm³/mol. The molecule has 0 unspecified atom stereocenters. The number of fused-ring (bicyclic) bond motifs is 1. The highest BCUT2D eigenvalue weighted by Crippen LogP contribution is 2.37. The minimum atomic E-state index is -0.255. The number of hydrogen-bond donors (Lipinski definition) is 2. The second-order valence-electron chi connectivity index (χ2n) is 7.95. The Hall–Kier alpha value is -4.99. The Kier molecular flexibility index (Phi) is 4.95. The summed E-state index contributed by atoms with van der Waals surface area (Å²) < 4.78 is 13.2. The SMILES string of the molecule is Cc1[nH]c(-c2ccccc2Oc2ccccc2)c2cc(-c3nc(Cn4cncn4)no3)[nH]c(=O)c12. The first-order chi connectivity index (χ1) is 17.2. The third-order valence-corrected chi connectivity index (χ3v) is 5.59. The minimum absolute atomic E-state index is 0.206. The van der Waals surface area contributed by atoms with Crippen molar-refractivity contribution in [2.75, 3.05) is 0 Å². The number of H-pyrrole nitrogens is 2. The van der Waals surface area contributed by atoms with E-state index >= 15 is 0 Å². The van der Waals surface area contributed by atoms with E-state index in [4.69, 9.17) is 9.26 Å². The van der Waals surface area contributed by atoms with Crippen LogP contribution >= 0.6 is 0 Å². The van der Waals surface area contributed by atoms with Crippen LogP contribution in [0, 0.1) is 6.92 Å². The largest absolute Gasteiger partial charge is 0.457 e. The lowest BCUT2D eigenvalue weighted by Gasteiger charge is -2.11. The van der Waals surface area contributed by atoms with E-state index in [1.165, 1.54) is 6.33 Å². The van der Waals surface area contributed by atoms with Crippen molar-refractivity contribution in [3.63, 3.8) is 0 Å². The first-order valence-corrected chi connectivity index (χ1v) is 10.9. The van der Waals surface area contributed by atoms with Gasteiger partial charge in [-0.1, -0.05) is 35.5 Å². The molecule has 35 heavy (non-hydrogen) atoms. The molecule has 6 aromatic rings. The molecule has 0 aliphatic heterocycles. The Morgan fingerprint density at radius 2 is 1.89 bits per heavy atom. The first kappa shape index (κ1) is 20.6. The Balaban J connectivity index is 1.44. The van der Waals surface area contributed by atoms with Crippen molar-refractivity contribution in [1.82, 2.24) is 34.9 Å². The molecule has 2 aromatic carbocycles. The lowest BCUT2D eigenvalue weighted by atomic mass is 10.1. The number of pyridine rings is 1. The van der Waals surface area contributed by atoms with Crippen molar-refractivity contribution >= 4 is 10.8 Å². The van der Waals surface area contributed by atoms with Crippen LogP contribution in [-0.2, 0) is 6.54 Å². The number of para-hydroxylation sites is 2. The van der Waals surface area contributed by atoms with Gasteiger partial charge < -0.3 is 19.2 Å². The molecule has 0 atom stereocenters. The first-order valence-electron chi connectivity index (χ1n) is 10.9. The van der Waals surface area contributed by atoms with Gasteiger partial charge in [0.1, 0.15) is 36.4 Å². The van der Waals surface area contributed by atoms with Crippen molar-refractivity contribution < 1.29 is 9.26 Å². The quantitative estimate of drug-likeness (QED) is 0.375. The molecule has 0 saturated heterocycles. The summed E-state index contributed by atoms with van der Waals surface area (Å²) in [4.78, 5) is 27.6. The number of hydrogen-bond acceptors (Lipinski definition) is 7. The molecular formula is C25H19N7O3. The molecule has 0 aliphatic rings. The second-order valence-corrected chi connectivity index (χ2v) is 7.95. The number of nitrogens with one attached hydrogen (secondary N) is 2. The second kappa shape index (κ2) is 8.41. The zero-order chi connectivity index (χ0) is 23.8. The van der Waals surface area contributed by atoms with Crippen LogP contribution in [0.25, 0.3) is 33.6 Å². The standard InChI is InChI=1S/C25H19N7O3/c1-15-22-18(23(28-15)17-9-5-6-10-20(17)34-16-7-3-2-4-8-16)11-19(29-24(22)33)25-30-21(31-35-25)12-32-14-26-13-27-32/h2-11,13-14,28H,12H2,1H3,(H,29,33). The third-order valence-electron chi connectivity index (χ3n) is 5.59. The van der Waals surface area contributed by atoms with Gasteiger partial charge in [0.25, 0.3) is 11.4 Å². The van der Waals surface area contributed by atoms with Crippen molar-refractivity contribution in [2.45, 2.75) is 13.5 Å². The van der Waals surface area contributed by atoms with Gasteiger partial charge >= 0.3 is 0 Å². The minimum Gasteiger partial charge on any atom is -0.457 e. The van der Waals surface area contributed by atoms with Crippen molar-refractivity contribution in [2.24, 2.45) is 0 Å². The number of aromatic amines is 2. The number of ether oxygens (including phenoxy) is 1. The third kappa shape index (κ3) is 3.86. The summed E-state index contributed by atoms with van der Waals surface area (Å²) in [5, 5.41) is 9.32. The maximum absolute atomic E-state index is 13.1. The Labute approximate surface area is 198 Å². The van der Waals surface area contributed by atoms with Gasteiger partial charge in [-0.05, 0) is 37.3 Å². The van der Waals surface area contributed by atoms with E-state index in [9.17, 15) is 4.79 Å². The maximum atomic E-state index is 13.1. The van der Waals surface area contributed by atoms with Crippen LogP contribution in [0.15, 0.2) is 82.6 Å². The molecular weight excluding hydrogens is 446 g/mol. The van der Waals surface area contributed by atoms with Crippen LogP contribution in [0.2, 0.25) is 0 Å². The van der Waals surface area contributed by atoms with E-state index in [1.54, 1.807) is 11.0 Å². The molecule has 4 heterocycles. The van der Waals surface area contributed by atoms with Gasteiger partial charge in [0.15, 0.2) is 5.82 Å². The molecule has 6 rings (SSSR count). The number of nitrogens with zero attached hydrogens (tertiary/aromatic N) is 5. The van der Waals surface area contributed by atoms with Crippen molar-refractivity contribution in [3.8, 4) is 34.3 Å². The van der Waals surface area contributed by atoms with Crippen LogP contribution in [-0.4, -0.2) is 34.9 Å². The number of aryl methyl sites for hydroxylation is 1. The summed E-state index contributed by atoms with van der Waals surface area (Å²) in [6.45, 7) is 2.17. The van der Waals surface area contributed by atoms with Crippen LogP contribution in [0.1, 0.15) is 11.5 Å². The molecule has 4 aromatic heterocycles. The molecule has 0 saturated carbocycles. The highest BCUT2D eigenvalue weighted by molar-refractivity contribution is 5.99. The molecule has 10 nitrogen and oxygen atoms in total. The summed E-state index contributed by atoms with van der Waals surface area (Å²) >= 11 is 0. The van der Waals surface area contributed by atoms with Crippen LogP contribution in [0.4, 0.5) is 0 Å². The predicted octanol–water partition coefficient (Wildman–Crippen LogP) is 4.31. The fraction of sp³-hybridized carbons (Fsp3) is 0.0800. The topological polar surface area (TPSA) is 128 Å². The van der Waals surface area contributed by atoms with E-state index in [0.29, 0.717) is 29.2 Å². The van der Waals surface area contributed by atoms with Gasteiger partial charge in [0.05, 0.1) is 11.1 Å². The average Bonchev–Trinajstić information content (AvgIpc) is 3.62. The fourth-order valence-corrected chi connectivity index (χ4v) is 4.04. The monoisotopic (exact) mass is 465 g/mol. The van der Waals surface area contributed by atoms with Gasteiger partial charge in [-0.25, -0.2) is 9.67 Å². The number of rotatable bonds is 6. The van der Waals surface area contributed by atoms with E-state index in [1.807, 2.05) is 67.6 Å². The molecule has 0 fully saturated rings. The van der Waals surface area contributed by atoms with Crippen LogP contribution < -0.4 is 10.3 Å². The summed E-state index contributed by atoms with van der Waals surface area (Å²) in [6, 6.07) is 19.1. The molecule has 0 bridgehead atoms. The molecule has 10 heteroatoms. The van der Waals surface area contributed by atoms with Gasteiger partial charge in [-0.2, -0.15) is 10.1 Å². The van der Waals surface area contributed by atoms with Crippen LogP contribution in [0.5, 0.6) is 11.5 Å². The molecule has 172 valence electrons. The summed E-state index contributed by atoms with van der Waals surface area (Å²) in [5.74, 6) is 2.00. The van der Waals surface area contributed by atoms with Gasteiger partial charge in [-0.3, -0.25) is 4.79 Å².